The topological polar surface area (TPSA) is 130 Å². The molecule has 1 atom stereocenters. The molecule has 0 aliphatic carbocycles. The van der Waals surface area contributed by atoms with Crippen molar-refractivity contribution in [2.75, 3.05) is 12.3 Å². The first-order valence-electron chi connectivity index (χ1n) is 10.0. The normalized spacial score (nSPS) is 13.6. The standard InChI is InChI=1S/C24H23NO7S/c26-22(27)17-25-24(23(28)29,32-21-12-6-10-19-9-4-5-11-20(19)21)14-16-33(30,31)15-13-18-7-2-1-3-8-18/h1-13,15,25H,14,16-17H2,(H,26,27)(H,28,29). The lowest BCUT2D eigenvalue weighted by molar-refractivity contribution is -0.159. The highest BCUT2D eigenvalue weighted by Gasteiger charge is 2.42. The SMILES string of the molecule is O=C(O)CNC(CCS(=O)(=O)C=Cc1ccccc1)(Oc1cccc2ccccc12)C(=O)O. The number of sulfone groups is 1. The predicted molar refractivity (Wildman–Crippen MR) is 124 cm³/mol. The van der Waals surface area contributed by atoms with E-state index in [1.165, 1.54) is 6.08 Å². The minimum Gasteiger partial charge on any atom is -0.480 e. The van der Waals surface area contributed by atoms with Crippen LogP contribution in [0.1, 0.15) is 12.0 Å². The summed E-state index contributed by atoms with van der Waals surface area (Å²) in [6.45, 7) is -0.739. The highest BCUT2D eigenvalue weighted by molar-refractivity contribution is 7.94. The fraction of sp³-hybridized carbons (Fsp3) is 0.167. The molecule has 0 aliphatic heterocycles. The molecule has 9 heteroatoms. The second kappa shape index (κ2) is 10.3. The minimum absolute atomic E-state index is 0.186. The smallest absolute Gasteiger partial charge is 0.363 e. The molecule has 3 N–H and O–H groups in total. The van der Waals surface area contributed by atoms with Gasteiger partial charge in [0.15, 0.2) is 9.84 Å². The molecule has 3 aromatic rings. The van der Waals surface area contributed by atoms with Gasteiger partial charge in [-0.3, -0.25) is 10.1 Å². The average Bonchev–Trinajstić information content (AvgIpc) is 2.80. The Hall–Kier alpha value is -3.69. The average molecular weight is 470 g/mol. The number of carboxylic acids is 2. The van der Waals surface area contributed by atoms with Gasteiger partial charge in [-0.1, -0.05) is 66.7 Å². The zero-order valence-electron chi connectivity index (χ0n) is 17.5. The Morgan fingerprint density at radius 2 is 1.61 bits per heavy atom. The second-order valence-corrected chi connectivity index (χ2v) is 9.30. The molecule has 0 amide bonds. The van der Waals surface area contributed by atoms with E-state index < -0.39 is 46.2 Å². The summed E-state index contributed by atoms with van der Waals surface area (Å²) in [6.07, 6.45) is 0.883. The number of nitrogens with one attached hydrogen (secondary N) is 1. The van der Waals surface area contributed by atoms with E-state index in [1.807, 2.05) is 18.2 Å². The molecule has 172 valence electrons. The van der Waals surface area contributed by atoms with E-state index in [0.29, 0.717) is 10.9 Å². The Bertz CT molecular complexity index is 1270. The van der Waals surface area contributed by atoms with Crippen molar-refractivity contribution in [3.63, 3.8) is 0 Å². The Morgan fingerprint density at radius 3 is 2.30 bits per heavy atom. The monoisotopic (exact) mass is 469 g/mol. The molecule has 0 radical (unpaired) electrons. The number of carbonyl (C=O) groups is 2. The highest BCUT2D eigenvalue weighted by atomic mass is 32.2. The molecule has 1 unspecified atom stereocenters. The third kappa shape index (κ3) is 6.41. The number of ether oxygens (including phenoxy) is 1. The molecule has 8 nitrogen and oxygen atoms in total. The molecule has 33 heavy (non-hydrogen) atoms. The summed E-state index contributed by atoms with van der Waals surface area (Å²) < 4.78 is 31.0. The fourth-order valence-electron chi connectivity index (χ4n) is 3.19. The first-order chi connectivity index (χ1) is 15.7. The lowest BCUT2D eigenvalue weighted by atomic mass is 10.1. The van der Waals surface area contributed by atoms with Crippen molar-refractivity contribution in [1.82, 2.24) is 5.32 Å². The van der Waals surface area contributed by atoms with Gasteiger partial charge >= 0.3 is 11.9 Å². The maximum Gasteiger partial charge on any atom is 0.363 e. The van der Waals surface area contributed by atoms with Crippen LogP contribution in [0.15, 0.2) is 78.2 Å². The Morgan fingerprint density at radius 1 is 0.939 bits per heavy atom. The summed E-state index contributed by atoms with van der Waals surface area (Å²) in [5, 5.41) is 23.9. The van der Waals surface area contributed by atoms with Gasteiger partial charge in [0, 0.05) is 17.2 Å². The third-order valence-corrected chi connectivity index (χ3v) is 6.23. The molecule has 0 aromatic heterocycles. The number of rotatable bonds is 11. The van der Waals surface area contributed by atoms with Crippen LogP contribution >= 0.6 is 0 Å². The van der Waals surface area contributed by atoms with Crippen LogP contribution in [-0.2, 0) is 19.4 Å². The first kappa shape index (κ1) is 24.0. The first-order valence-corrected chi connectivity index (χ1v) is 11.8. The van der Waals surface area contributed by atoms with Crippen LogP contribution in [0, 0.1) is 0 Å². The van der Waals surface area contributed by atoms with Gasteiger partial charge in [0.2, 0.25) is 0 Å². The maximum atomic E-state index is 12.6. The molecule has 0 saturated heterocycles. The maximum absolute atomic E-state index is 12.6. The van der Waals surface area contributed by atoms with Gasteiger partial charge in [-0.2, -0.15) is 0 Å². The van der Waals surface area contributed by atoms with E-state index in [0.717, 1.165) is 10.8 Å². The van der Waals surface area contributed by atoms with Crippen molar-refractivity contribution < 1.29 is 33.0 Å². The van der Waals surface area contributed by atoms with E-state index >= 15 is 0 Å². The van der Waals surface area contributed by atoms with Gasteiger partial charge in [-0.15, -0.1) is 0 Å². The number of carboxylic acid groups (broad SMARTS) is 2. The van der Waals surface area contributed by atoms with E-state index in [4.69, 9.17) is 9.84 Å². The van der Waals surface area contributed by atoms with Crippen LogP contribution in [0.3, 0.4) is 0 Å². The van der Waals surface area contributed by atoms with Crippen molar-refractivity contribution in [3.8, 4) is 5.75 Å². The lowest BCUT2D eigenvalue weighted by Gasteiger charge is -2.31. The minimum atomic E-state index is -3.83. The van der Waals surface area contributed by atoms with Gasteiger partial charge in [0.1, 0.15) is 5.75 Å². The quantitative estimate of drug-likeness (QED) is 0.365. The molecule has 0 aliphatic rings. The number of fused-ring (bicyclic) bond motifs is 1. The Labute approximate surface area is 191 Å². The van der Waals surface area contributed by atoms with Gasteiger partial charge in [-0.25, -0.2) is 13.2 Å². The number of benzene rings is 3. The Balaban J connectivity index is 1.90. The largest absolute Gasteiger partial charge is 0.480 e. The molecule has 0 saturated carbocycles. The molecule has 0 heterocycles. The number of aliphatic carboxylic acids is 2. The van der Waals surface area contributed by atoms with Crippen molar-refractivity contribution >= 4 is 38.6 Å². The predicted octanol–water partition coefficient (Wildman–Crippen LogP) is 3.15. The molecule has 3 aromatic carbocycles. The van der Waals surface area contributed by atoms with Gasteiger partial charge in [0.05, 0.1) is 12.3 Å². The van der Waals surface area contributed by atoms with Crippen molar-refractivity contribution in [2.24, 2.45) is 0 Å². The molecule has 3 rings (SSSR count). The lowest BCUT2D eigenvalue weighted by Crippen LogP contribution is -2.59. The summed E-state index contributed by atoms with van der Waals surface area (Å²) in [4.78, 5) is 23.4. The van der Waals surface area contributed by atoms with Crippen LogP contribution in [0.4, 0.5) is 0 Å². The molecule has 0 spiro atoms. The van der Waals surface area contributed by atoms with Crippen LogP contribution in [0.2, 0.25) is 0 Å². The summed E-state index contributed by atoms with van der Waals surface area (Å²) >= 11 is 0. The highest BCUT2D eigenvalue weighted by Crippen LogP contribution is 2.29. The number of hydrogen-bond acceptors (Lipinski definition) is 6. The van der Waals surface area contributed by atoms with E-state index in [1.54, 1.807) is 54.6 Å². The summed E-state index contributed by atoms with van der Waals surface area (Å²) in [6, 6.07) is 20.9. The fourth-order valence-corrected chi connectivity index (χ4v) is 4.27. The second-order valence-electron chi connectivity index (χ2n) is 7.29. The van der Waals surface area contributed by atoms with Crippen molar-refractivity contribution in [1.29, 1.82) is 0 Å². The molecular weight excluding hydrogens is 446 g/mol. The van der Waals surface area contributed by atoms with Crippen LogP contribution in [-0.4, -0.2) is 48.6 Å². The van der Waals surface area contributed by atoms with Crippen LogP contribution in [0.5, 0.6) is 5.75 Å². The van der Waals surface area contributed by atoms with Crippen molar-refractivity contribution in [2.45, 2.75) is 12.1 Å². The molecule has 0 bridgehead atoms. The van der Waals surface area contributed by atoms with Crippen LogP contribution < -0.4 is 10.1 Å². The Kier molecular flexibility index (Phi) is 7.47. The summed E-state index contributed by atoms with van der Waals surface area (Å²) in [5.74, 6) is -3.24. The number of hydrogen-bond donors (Lipinski definition) is 3. The van der Waals surface area contributed by atoms with Gasteiger partial charge in [0.25, 0.3) is 5.72 Å². The summed E-state index contributed by atoms with van der Waals surface area (Å²) in [5.41, 5.74) is -1.61. The zero-order valence-corrected chi connectivity index (χ0v) is 18.4. The molecular formula is C24H23NO7S. The van der Waals surface area contributed by atoms with Crippen LogP contribution in [0.25, 0.3) is 16.8 Å². The van der Waals surface area contributed by atoms with Gasteiger partial charge < -0.3 is 14.9 Å². The van der Waals surface area contributed by atoms with E-state index in [-0.39, 0.29) is 5.75 Å². The van der Waals surface area contributed by atoms with E-state index in [2.05, 4.69) is 5.32 Å². The van der Waals surface area contributed by atoms with E-state index in [9.17, 15) is 23.1 Å². The molecule has 0 fully saturated rings. The summed E-state index contributed by atoms with van der Waals surface area (Å²) in [7, 11) is -3.83. The van der Waals surface area contributed by atoms with Crippen molar-refractivity contribution in [3.05, 3.63) is 83.8 Å². The van der Waals surface area contributed by atoms with Gasteiger partial charge in [-0.05, 0) is 23.1 Å². The zero-order chi connectivity index (χ0) is 23.9. The third-order valence-electron chi connectivity index (χ3n) is 4.91.